The number of carbonyl (C=O) groups is 1. The average Bonchev–Trinajstić information content (AvgIpc) is 3.05. The number of benzene rings is 2. The van der Waals surface area contributed by atoms with Crippen LogP contribution in [0.5, 0.6) is 0 Å². The second kappa shape index (κ2) is 8.78. The number of para-hydroxylation sites is 1. The highest BCUT2D eigenvalue weighted by Gasteiger charge is 2.23. The number of hydrogen-bond donors (Lipinski definition) is 0. The molecule has 2 aromatic carbocycles. The van der Waals surface area contributed by atoms with Crippen LogP contribution in [0.15, 0.2) is 53.6 Å². The summed E-state index contributed by atoms with van der Waals surface area (Å²) < 4.78 is 28.1. The standard InChI is InChI=1S/C21H22Cl2N2O3S/c1-3-24(4-2)21(26)13-25-12-20(16-7-5-6-8-19(16)25)29(27,28)14-15-9-10-17(22)18(23)11-15/h5-12H,3-4,13-14H2,1-2H3. The number of rotatable bonds is 7. The van der Waals surface area contributed by atoms with Gasteiger partial charge in [0.15, 0.2) is 9.84 Å². The normalized spacial score (nSPS) is 11.7. The maximum atomic E-state index is 13.2. The monoisotopic (exact) mass is 452 g/mol. The first-order valence-electron chi connectivity index (χ1n) is 9.29. The molecular weight excluding hydrogens is 431 g/mol. The van der Waals surface area contributed by atoms with Gasteiger partial charge in [-0.2, -0.15) is 0 Å². The second-order valence-corrected chi connectivity index (χ2v) is 9.48. The Labute approximate surface area is 180 Å². The van der Waals surface area contributed by atoms with Crippen molar-refractivity contribution in [2.45, 2.75) is 31.0 Å². The molecule has 0 radical (unpaired) electrons. The molecule has 5 nitrogen and oxygen atoms in total. The Balaban J connectivity index is 2.00. The fraction of sp³-hybridized carbons (Fsp3) is 0.286. The lowest BCUT2D eigenvalue weighted by Gasteiger charge is -2.19. The molecule has 3 rings (SSSR count). The van der Waals surface area contributed by atoms with Gasteiger partial charge in [0.05, 0.1) is 20.7 Å². The van der Waals surface area contributed by atoms with Gasteiger partial charge in [-0.15, -0.1) is 0 Å². The van der Waals surface area contributed by atoms with Crippen LogP contribution in [0.2, 0.25) is 10.0 Å². The van der Waals surface area contributed by atoms with E-state index in [0.29, 0.717) is 39.6 Å². The minimum absolute atomic E-state index is 0.0517. The molecule has 154 valence electrons. The molecule has 3 aromatic rings. The van der Waals surface area contributed by atoms with Crippen molar-refractivity contribution in [2.75, 3.05) is 13.1 Å². The first-order valence-corrected chi connectivity index (χ1v) is 11.7. The Morgan fingerprint density at radius 2 is 1.72 bits per heavy atom. The number of aromatic nitrogens is 1. The van der Waals surface area contributed by atoms with Crippen LogP contribution in [0.1, 0.15) is 19.4 Å². The maximum absolute atomic E-state index is 13.2. The van der Waals surface area contributed by atoms with Gasteiger partial charge in [0.25, 0.3) is 0 Å². The zero-order valence-electron chi connectivity index (χ0n) is 16.2. The SMILES string of the molecule is CCN(CC)C(=O)Cn1cc(S(=O)(=O)Cc2ccc(Cl)c(Cl)c2)c2ccccc21. The highest BCUT2D eigenvalue weighted by atomic mass is 35.5. The van der Waals surface area contributed by atoms with E-state index >= 15 is 0 Å². The smallest absolute Gasteiger partial charge is 0.242 e. The third-order valence-corrected chi connectivity index (χ3v) is 7.30. The maximum Gasteiger partial charge on any atom is 0.242 e. The van der Waals surface area contributed by atoms with Gasteiger partial charge in [-0.25, -0.2) is 8.42 Å². The van der Waals surface area contributed by atoms with Crippen molar-refractivity contribution in [3.63, 3.8) is 0 Å². The average molecular weight is 453 g/mol. The fourth-order valence-electron chi connectivity index (χ4n) is 3.34. The minimum Gasteiger partial charge on any atom is -0.342 e. The van der Waals surface area contributed by atoms with Gasteiger partial charge >= 0.3 is 0 Å². The third kappa shape index (κ3) is 4.60. The van der Waals surface area contributed by atoms with E-state index in [0.717, 1.165) is 0 Å². The first kappa shape index (κ1) is 21.7. The molecule has 1 heterocycles. The Morgan fingerprint density at radius 3 is 2.38 bits per heavy atom. The number of halogens is 2. The Bertz CT molecular complexity index is 1150. The Morgan fingerprint density at radius 1 is 1.03 bits per heavy atom. The van der Waals surface area contributed by atoms with Crippen LogP contribution in [-0.2, 0) is 26.9 Å². The van der Waals surface area contributed by atoms with E-state index in [1.165, 1.54) is 0 Å². The van der Waals surface area contributed by atoms with E-state index in [2.05, 4.69) is 0 Å². The van der Waals surface area contributed by atoms with E-state index in [-0.39, 0.29) is 23.1 Å². The van der Waals surface area contributed by atoms with E-state index < -0.39 is 9.84 Å². The molecule has 0 saturated carbocycles. The summed E-state index contributed by atoms with van der Waals surface area (Å²) in [7, 11) is -3.66. The van der Waals surface area contributed by atoms with Crippen molar-refractivity contribution >= 4 is 49.8 Å². The highest BCUT2D eigenvalue weighted by Crippen LogP contribution is 2.30. The van der Waals surface area contributed by atoms with Crippen LogP contribution >= 0.6 is 23.2 Å². The lowest BCUT2D eigenvalue weighted by atomic mass is 10.2. The third-order valence-electron chi connectivity index (χ3n) is 4.85. The lowest BCUT2D eigenvalue weighted by Crippen LogP contribution is -2.33. The van der Waals surface area contributed by atoms with Crippen molar-refractivity contribution in [1.29, 1.82) is 0 Å². The topological polar surface area (TPSA) is 59.4 Å². The van der Waals surface area contributed by atoms with Crippen LogP contribution in [0.3, 0.4) is 0 Å². The molecule has 0 spiro atoms. The summed E-state index contributed by atoms with van der Waals surface area (Å²) in [4.78, 5) is 14.5. The van der Waals surface area contributed by atoms with E-state index in [1.807, 2.05) is 26.0 Å². The van der Waals surface area contributed by atoms with Gasteiger partial charge in [-0.05, 0) is 37.6 Å². The largest absolute Gasteiger partial charge is 0.342 e. The molecule has 0 saturated heterocycles. The van der Waals surface area contributed by atoms with Crippen molar-refractivity contribution in [3.05, 3.63) is 64.3 Å². The molecule has 0 aliphatic heterocycles. The van der Waals surface area contributed by atoms with E-state index in [9.17, 15) is 13.2 Å². The highest BCUT2D eigenvalue weighted by molar-refractivity contribution is 7.90. The van der Waals surface area contributed by atoms with Gasteiger partial charge in [0.1, 0.15) is 6.54 Å². The van der Waals surface area contributed by atoms with Crippen molar-refractivity contribution < 1.29 is 13.2 Å². The number of hydrogen-bond acceptors (Lipinski definition) is 3. The van der Waals surface area contributed by atoms with Crippen LogP contribution in [-0.4, -0.2) is 36.9 Å². The molecule has 0 bridgehead atoms. The van der Waals surface area contributed by atoms with Gasteiger partial charge in [0.2, 0.25) is 5.91 Å². The van der Waals surface area contributed by atoms with Gasteiger partial charge in [-0.1, -0.05) is 47.5 Å². The summed E-state index contributed by atoms with van der Waals surface area (Å²) in [6, 6.07) is 12.0. The molecule has 29 heavy (non-hydrogen) atoms. The minimum atomic E-state index is -3.66. The number of nitrogens with zero attached hydrogens (tertiary/aromatic N) is 2. The van der Waals surface area contributed by atoms with Crippen molar-refractivity contribution in [3.8, 4) is 0 Å². The number of likely N-dealkylation sites (N-methyl/N-ethyl adjacent to an activating group) is 1. The zero-order valence-corrected chi connectivity index (χ0v) is 18.6. The summed E-state index contributed by atoms with van der Waals surface area (Å²) >= 11 is 12.0. The van der Waals surface area contributed by atoms with E-state index in [1.54, 1.807) is 46.0 Å². The summed E-state index contributed by atoms with van der Waals surface area (Å²) in [5.74, 6) is -0.258. The molecule has 0 aliphatic carbocycles. The van der Waals surface area contributed by atoms with Crippen LogP contribution in [0.25, 0.3) is 10.9 Å². The molecule has 0 N–H and O–H groups in total. The van der Waals surface area contributed by atoms with Crippen LogP contribution in [0, 0.1) is 0 Å². The summed E-state index contributed by atoms with van der Waals surface area (Å²) in [6.45, 7) is 5.14. The number of sulfone groups is 1. The van der Waals surface area contributed by atoms with Crippen LogP contribution in [0.4, 0.5) is 0 Å². The first-order chi connectivity index (χ1) is 13.8. The molecule has 0 aliphatic rings. The molecule has 1 aromatic heterocycles. The predicted octanol–water partition coefficient (Wildman–Crippen LogP) is 4.79. The quantitative estimate of drug-likeness (QED) is 0.517. The Hall–Kier alpha value is -2.02. The van der Waals surface area contributed by atoms with Crippen molar-refractivity contribution in [2.24, 2.45) is 0 Å². The molecule has 0 atom stereocenters. The lowest BCUT2D eigenvalue weighted by molar-refractivity contribution is -0.131. The number of carbonyl (C=O) groups excluding carboxylic acids is 1. The number of amides is 1. The van der Waals surface area contributed by atoms with Gasteiger partial charge < -0.3 is 9.47 Å². The second-order valence-electron chi connectivity index (χ2n) is 6.71. The number of fused-ring (bicyclic) bond motifs is 1. The summed E-state index contributed by atoms with van der Waals surface area (Å²) in [5, 5.41) is 1.28. The molecule has 0 fully saturated rings. The fourth-order valence-corrected chi connectivity index (χ4v) is 5.23. The molecule has 1 amide bonds. The van der Waals surface area contributed by atoms with Crippen molar-refractivity contribution in [1.82, 2.24) is 9.47 Å². The van der Waals surface area contributed by atoms with Gasteiger partial charge in [-0.3, -0.25) is 4.79 Å². The predicted molar refractivity (Wildman–Crippen MR) is 117 cm³/mol. The molecular formula is C21H22Cl2N2O3S. The summed E-state index contributed by atoms with van der Waals surface area (Å²) in [5.41, 5.74) is 1.26. The zero-order chi connectivity index (χ0) is 21.2. The molecule has 8 heteroatoms. The Kier molecular flexibility index (Phi) is 6.56. The summed E-state index contributed by atoms with van der Waals surface area (Å²) in [6.07, 6.45) is 1.55. The van der Waals surface area contributed by atoms with Crippen LogP contribution < -0.4 is 0 Å². The molecule has 0 unspecified atom stereocenters. The van der Waals surface area contributed by atoms with Gasteiger partial charge in [0, 0.05) is 30.2 Å². The van der Waals surface area contributed by atoms with E-state index in [4.69, 9.17) is 23.2 Å².